The molecule has 2 rings (SSSR count). The smallest absolute Gasteiger partial charge is 0.130 e. The van der Waals surface area contributed by atoms with Crippen LogP contribution >= 0.6 is 11.6 Å². The van der Waals surface area contributed by atoms with Crippen LogP contribution in [0.4, 0.5) is 0 Å². The molecule has 0 aliphatic rings. The molecular weight excluding hydrogens is 264 g/mol. The summed E-state index contributed by atoms with van der Waals surface area (Å²) in [5, 5.41) is 4.91. The summed E-state index contributed by atoms with van der Waals surface area (Å²) in [6.45, 7) is 3.82. The maximum absolute atomic E-state index is 6.22. The van der Waals surface area contributed by atoms with E-state index in [1.807, 2.05) is 20.9 Å². The van der Waals surface area contributed by atoms with Crippen LogP contribution in [0.3, 0.4) is 0 Å². The van der Waals surface area contributed by atoms with Crippen LogP contribution in [0.1, 0.15) is 28.7 Å². The van der Waals surface area contributed by atoms with Gasteiger partial charge in [0.05, 0.1) is 29.3 Å². The van der Waals surface area contributed by atoms with Gasteiger partial charge in [0.1, 0.15) is 5.15 Å². The molecule has 2 aromatic rings. The molecule has 0 radical (unpaired) electrons. The molecule has 0 amide bonds. The number of nitrogens with zero attached hydrogens (tertiary/aromatic N) is 4. The minimum Gasteiger partial charge on any atom is -0.271 e. The van der Waals surface area contributed by atoms with Crippen molar-refractivity contribution < 1.29 is 0 Å². The van der Waals surface area contributed by atoms with Crippen molar-refractivity contribution in [2.75, 3.05) is 0 Å². The lowest BCUT2D eigenvalue weighted by Gasteiger charge is -2.15. The molecule has 0 saturated carbocycles. The van der Waals surface area contributed by atoms with Gasteiger partial charge in [-0.2, -0.15) is 5.10 Å². The first kappa shape index (κ1) is 13.9. The van der Waals surface area contributed by atoms with Gasteiger partial charge in [-0.25, -0.2) is 0 Å². The van der Waals surface area contributed by atoms with Gasteiger partial charge in [0, 0.05) is 18.8 Å². The molecule has 0 aliphatic carbocycles. The number of nitrogens with two attached hydrogens (primary N) is 1. The summed E-state index contributed by atoms with van der Waals surface area (Å²) in [6, 6.07) is -0.145. The number of hydrogen-bond acceptors (Lipinski definition) is 5. The van der Waals surface area contributed by atoms with E-state index in [2.05, 4.69) is 20.5 Å². The Morgan fingerprint density at radius 1 is 1.37 bits per heavy atom. The highest BCUT2D eigenvalue weighted by Crippen LogP contribution is 2.24. The minimum atomic E-state index is -0.145. The van der Waals surface area contributed by atoms with E-state index < -0.39 is 0 Å². The third-order valence-electron chi connectivity index (χ3n) is 3.04. The molecule has 7 heteroatoms. The molecule has 0 spiro atoms. The van der Waals surface area contributed by atoms with Gasteiger partial charge in [-0.3, -0.25) is 25.9 Å². The molecule has 2 heterocycles. The van der Waals surface area contributed by atoms with Crippen molar-refractivity contribution >= 4 is 11.6 Å². The Hall–Kier alpha value is -1.50. The van der Waals surface area contributed by atoms with Gasteiger partial charge in [0.2, 0.25) is 0 Å². The SMILES string of the molecule is Cc1cnc(C(Cc2c(C)nn(C)c2Cl)NN)cn1. The van der Waals surface area contributed by atoms with Crippen molar-refractivity contribution in [3.8, 4) is 0 Å². The van der Waals surface area contributed by atoms with Gasteiger partial charge in [-0.15, -0.1) is 0 Å². The average Bonchev–Trinajstić information content (AvgIpc) is 2.63. The fourth-order valence-corrected chi connectivity index (χ4v) is 2.19. The number of hydrazine groups is 1. The molecule has 102 valence electrons. The molecule has 1 atom stereocenters. The van der Waals surface area contributed by atoms with Crippen molar-refractivity contribution in [2.45, 2.75) is 26.3 Å². The molecule has 1 unspecified atom stereocenters. The Morgan fingerprint density at radius 2 is 2.11 bits per heavy atom. The summed E-state index contributed by atoms with van der Waals surface area (Å²) >= 11 is 6.22. The van der Waals surface area contributed by atoms with Crippen LogP contribution in [0.15, 0.2) is 12.4 Å². The van der Waals surface area contributed by atoms with Gasteiger partial charge in [0.15, 0.2) is 0 Å². The van der Waals surface area contributed by atoms with E-state index in [0.29, 0.717) is 11.6 Å². The lowest BCUT2D eigenvalue weighted by Crippen LogP contribution is -2.30. The Kier molecular flexibility index (Phi) is 4.14. The standard InChI is InChI=1S/C12H17ClN6/c1-7-5-16-11(6-15-7)10(17-14)4-9-8(2)18-19(3)12(9)13/h5-6,10,17H,4,14H2,1-3H3. The van der Waals surface area contributed by atoms with Crippen molar-refractivity contribution in [2.24, 2.45) is 12.9 Å². The van der Waals surface area contributed by atoms with Crippen LogP contribution in [-0.4, -0.2) is 19.7 Å². The lowest BCUT2D eigenvalue weighted by atomic mass is 10.0. The Labute approximate surface area is 117 Å². The zero-order valence-electron chi connectivity index (χ0n) is 11.2. The molecule has 0 fully saturated rings. The Balaban J connectivity index is 2.26. The number of nitrogens with one attached hydrogen (secondary N) is 1. The van der Waals surface area contributed by atoms with E-state index >= 15 is 0 Å². The van der Waals surface area contributed by atoms with Crippen molar-refractivity contribution in [1.82, 2.24) is 25.2 Å². The number of aromatic nitrogens is 4. The normalized spacial score (nSPS) is 12.7. The van der Waals surface area contributed by atoms with Crippen LogP contribution in [-0.2, 0) is 13.5 Å². The first-order valence-corrected chi connectivity index (χ1v) is 6.33. The second-order valence-electron chi connectivity index (χ2n) is 4.48. The van der Waals surface area contributed by atoms with Crippen LogP contribution in [0.2, 0.25) is 5.15 Å². The van der Waals surface area contributed by atoms with E-state index in [-0.39, 0.29) is 6.04 Å². The van der Waals surface area contributed by atoms with Gasteiger partial charge in [-0.1, -0.05) is 11.6 Å². The molecule has 0 aromatic carbocycles. The molecule has 0 aliphatic heterocycles. The number of halogens is 1. The van der Waals surface area contributed by atoms with Crippen LogP contribution in [0.25, 0.3) is 0 Å². The first-order valence-electron chi connectivity index (χ1n) is 5.95. The summed E-state index contributed by atoms with van der Waals surface area (Å²) in [4.78, 5) is 8.56. The number of rotatable bonds is 4. The van der Waals surface area contributed by atoms with E-state index in [1.165, 1.54) is 0 Å². The summed E-state index contributed by atoms with van der Waals surface area (Å²) in [6.07, 6.45) is 4.06. The van der Waals surface area contributed by atoms with Crippen molar-refractivity contribution in [3.05, 3.63) is 40.2 Å². The quantitative estimate of drug-likeness (QED) is 0.650. The monoisotopic (exact) mass is 280 g/mol. The minimum absolute atomic E-state index is 0.145. The third-order valence-corrected chi connectivity index (χ3v) is 3.51. The third kappa shape index (κ3) is 2.91. The van der Waals surface area contributed by atoms with Gasteiger partial charge >= 0.3 is 0 Å². The van der Waals surface area contributed by atoms with Crippen molar-refractivity contribution in [3.63, 3.8) is 0 Å². The second kappa shape index (κ2) is 5.64. The number of aryl methyl sites for hydroxylation is 3. The maximum Gasteiger partial charge on any atom is 0.130 e. The molecule has 6 nitrogen and oxygen atoms in total. The van der Waals surface area contributed by atoms with Crippen LogP contribution < -0.4 is 11.3 Å². The summed E-state index contributed by atoms with van der Waals surface area (Å²) in [5.74, 6) is 5.61. The molecule has 0 saturated heterocycles. The van der Waals surface area contributed by atoms with Crippen LogP contribution in [0, 0.1) is 13.8 Å². The van der Waals surface area contributed by atoms with Crippen LogP contribution in [0.5, 0.6) is 0 Å². The van der Waals surface area contributed by atoms with Gasteiger partial charge < -0.3 is 0 Å². The topological polar surface area (TPSA) is 81.7 Å². The largest absolute Gasteiger partial charge is 0.271 e. The van der Waals surface area contributed by atoms with Gasteiger partial charge in [0.25, 0.3) is 0 Å². The maximum atomic E-state index is 6.22. The molecular formula is C12H17ClN6. The summed E-state index contributed by atoms with van der Waals surface area (Å²) in [5.41, 5.74) is 6.27. The predicted octanol–water partition coefficient (Wildman–Crippen LogP) is 1.23. The highest BCUT2D eigenvalue weighted by atomic mass is 35.5. The average molecular weight is 281 g/mol. The fourth-order valence-electron chi connectivity index (χ4n) is 1.94. The molecule has 19 heavy (non-hydrogen) atoms. The van der Waals surface area contributed by atoms with E-state index in [0.717, 1.165) is 22.6 Å². The Morgan fingerprint density at radius 3 is 2.58 bits per heavy atom. The van der Waals surface area contributed by atoms with E-state index in [4.69, 9.17) is 17.4 Å². The predicted molar refractivity (Wildman–Crippen MR) is 73.5 cm³/mol. The zero-order valence-corrected chi connectivity index (χ0v) is 11.9. The summed E-state index contributed by atoms with van der Waals surface area (Å²) in [7, 11) is 1.81. The molecule has 0 bridgehead atoms. The zero-order chi connectivity index (χ0) is 14.0. The fraction of sp³-hybridized carbons (Fsp3) is 0.417. The number of hydrogen-bond donors (Lipinski definition) is 2. The molecule has 2 aromatic heterocycles. The van der Waals surface area contributed by atoms with Gasteiger partial charge in [-0.05, 0) is 20.3 Å². The van der Waals surface area contributed by atoms with Crippen molar-refractivity contribution in [1.29, 1.82) is 0 Å². The highest BCUT2D eigenvalue weighted by molar-refractivity contribution is 6.30. The Bertz CT molecular complexity index is 562. The first-order chi connectivity index (χ1) is 9.02. The van der Waals surface area contributed by atoms with E-state index in [1.54, 1.807) is 17.1 Å². The lowest BCUT2D eigenvalue weighted by molar-refractivity contribution is 0.534. The van der Waals surface area contributed by atoms with E-state index in [9.17, 15) is 0 Å². The second-order valence-corrected chi connectivity index (χ2v) is 4.84. The molecule has 3 N–H and O–H groups in total. The highest BCUT2D eigenvalue weighted by Gasteiger charge is 2.18. The summed E-state index contributed by atoms with van der Waals surface area (Å²) < 4.78 is 1.65.